The summed E-state index contributed by atoms with van der Waals surface area (Å²) >= 11 is 0. The van der Waals surface area contributed by atoms with Crippen molar-refractivity contribution < 1.29 is 18.7 Å². The van der Waals surface area contributed by atoms with E-state index in [0.29, 0.717) is 42.0 Å². The topological polar surface area (TPSA) is 72.2 Å². The average Bonchev–Trinajstić information content (AvgIpc) is 3.14. The van der Waals surface area contributed by atoms with Gasteiger partial charge >= 0.3 is 0 Å². The first-order valence-corrected chi connectivity index (χ1v) is 12.5. The zero-order chi connectivity index (χ0) is 24.9. The van der Waals surface area contributed by atoms with Gasteiger partial charge in [0.05, 0.1) is 30.2 Å². The van der Waals surface area contributed by atoms with Crippen LogP contribution in [0, 0.1) is 0 Å². The molecule has 0 bridgehead atoms. The van der Waals surface area contributed by atoms with Gasteiger partial charge in [-0.1, -0.05) is 26.0 Å². The second-order valence-electron chi connectivity index (χ2n) is 8.55. The van der Waals surface area contributed by atoms with E-state index in [1.165, 1.54) is 0 Å². The van der Waals surface area contributed by atoms with Gasteiger partial charge in [-0.25, -0.2) is 0 Å². The Morgan fingerprint density at radius 2 is 1.57 bits per heavy atom. The lowest BCUT2D eigenvalue weighted by Crippen LogP contribution is -2.33. The second kappa shape index (κ2) is 11.0. The summed E-state index contributed by atoms with van der Waals surface area (Å²) < 4.78 is 17.2. The highest BCUT2D eigenvalue weighted by atomic mass is 16.5. The van der Waals surface area contributed by atoms with Gasteiger partial charge < -0.3 is 23.7 Å². The van der Waals surface area contributed by atoms with Crippen molar-refractivity contribution in [1.82, 2.24) is 9.80 Å². The van der Waals surface area contributed by atoms with E-state index < -0.39 is 6.04 Å². The van der Waals surface area contributed by atoms with E-state index >= 15 is 0 Å². The maximum Gasteiger partial charge on any atom is 0.290 e. The van der Waals surface area contributed by atoms with Crippen LogP contribution in [0.15, 0.2) is 51.7 Å². The fourth-order valence-corrected chi connectivity index (χ4v) is 4.75. The summed E-state index contributed by atoms with van der Waals surface area (Å²) in [6.07, 6.45) is 0.803. The Hall–Kier alpha value is -3.32. The molecule has 1 aliphatic rings. The standard InChI is InChI=1S/C28H34N2O5/c1-5-29(6-2)16-9-17-30-25(19-10-12-20(13-11-19)33-7-3)24-26(31)22-15-14-21(34-8-4)18-23(22)35-27(24)28(30)32/h10-15,18,25H,5-9,16-17H2,1-4H3. The molecule has 1 atom stereocenters. The Bertz CT molecular complexity index is 1230. The largest absolute Gasteiger partial charge is 0.494 e. The molecule has 0 N–H and O–H groups in total. The molecule has 0 fully saturated rings. The van der Waals surface area contributed by atoms with Crippen LogP contribution in [0.2, 0.25) is 0 Å². The molecule has 1 amide bonds. The molecule has 4 rings (SSSR count). The smallest absolute Gasteiger partial charge is 0.290 e. The first-order chi connectivity index (χ1) is 17.0. The zero-order valence-electron chi connectivity index (χ0n) is 21.0. The fourth-order valence-electron chi connectivity index (χ4n) is 4.75. The Balaban J connectivity index is 1.77. The molecule has 35 heavy (non-hydrogen) atoms. The predicted molar refractivity (Wildman–Crippen MR) is 137 cm³/mol. The Morgan fingerprint density at radius 1 is 0.914 bits per heavy atom. The van der Waals surface area contributed by atoms with Gasteiger partial charge in [-0.2, -0.15) is 0 Å². The highest BCUT2D eigenvalue weighted by Crippen LogP contribution is 2.39. The molecule has 0 saturated heterocycles. The van der Waals surface area contributed by atoms with E-state index in [4.69, 9.17) is 13.9 Å². The van der Waals surface area contributed by atoms with E-state index in [-0.39, 0.29) is 17.1 Å². The second-order valence-corrected chi connectivity index (χ2v) is 8.55. The van der Waals surface area contributed by atoms with E-state index in [1.54, 1.807) is 23.1 Å². The lowest BCUT2D eigenvalue weighted by atomic mass is 9.98. The molecule has 0 radical (unpaired) electrons. The molecule has 0 saturated carbocycles. The van der Waals surface area contributed by atoms with Gasteiger partial charge in [-0.3, -0.25) is 9.59 Å². The third-order valence-electron chi connectivity index (χ3n) is 6.52. The van der Waals surface area contributed by atoms with Gasteiger partial charge in [0.1, 0.15) is 17.1 Å². The molecule has 1 unspecified atom stereocenters. The molecule has 7 heteroatoms. The minimum Gasteiger partial charge on any atom is -0.494 e. The summed E-state index contributed by atoms with van der Waals surface area (Å²) in [6, 6.07) is 12.3. The van der Waals surface area contributed by atoms with Crippen molar-refractivity contribution in [2.24, 2.45) is 0 Å². The summed E-state index contributed by atoms with van der Waals surface area (Å²) in [6.45, 7) is 12.5. The van der Waals surface area contributed by atoms with Crippen LogP contribution in [0.25, 0.3) is 11.0 Å². The zero-order valence-corrected chi connectivity index (χ0v) is 21.0. The van der Waals surface area contributed by atoms with Gasteiger partial charge in [0.25, 0.3) is 5.91 Å². The highest BCUT2D eigenvalue weighted by Gasteiger charge is 2.42. The van der Waals surface area contributed by atoms with Gasteiger partial charge in [-0.15, -0.1) is 0 Å². The van der Waals surface area contributed by atoms with E-state index in [9.17, 15) is 9.59 Å². The number of fused-ring (bicyclic) bond motifs is 2. The quantitative estimate of drug-likeness (QED) is 0.392. The fraction of sp³-hybridized carbons (Fsp3) is 0.429. The molecular formula is C28H34N2O5. The maximum absolute atomic E-state index is 13.7. The third kappa shape index (κ3) is 4.91. The number of ether oxygens (including phenoxy) is 2. The summed E-state index contributed by atoms with van der Waals surface area (Å²) in [5, 5.41) is 0.445. The van der Waals surface area contributed by atoms with Crippen LogP contribution in [0.5, 0.6) is 11.5 Å². The number of hydrogen-bond donors (Lipinski definition) is 0. The Kier molecular flexibility index (Phi) is 7.76. The maximum atomic E-state index is 13.7. The first kappa shape index (κ1) is 24.8. The van der Waals surface area contributed by atoms with Crippen LogP contribution in [-0.2, 0) is 0 Å². The van der Waals surface area contributed by atoms with Crippen LogP contribution in [0.3, 0.4) is 0 Å². The van der Waals surface area contributed by atoms with Crippen molar-refractivity contribution in [3.8, 4) is 11.5 Å². The number of carbonyl (C=O) groups is 1. The van der Waals surface area contributed by atoms with Crippen molar-refractivity contribution in [3.05, 3.63) is 69.6 Å². The summed E-state index contributed by atoms with van der Waals surface area (Å²) in [7, 11) is 0. The molecule has 0 spiro atoms. The molecule has 7 nitrogen and oxygen atoms in total. The van der Waals surface area contributed by atoms with E-state index in [0.717, 1.165) is 37.4 Å². The molecule has 186 valence electrons. The van der Waals surface area contributed by atoms with Gasteiger partial charge in [0, 0.05) is 12.6 Å². The third-order valence-corrected chi connectivity index (χ3v) is 6.52. The lowest BCUT2D eigenvalue weighted by Gasteiger charge is -2.26. The summed E-state index contributed by atoms with van der Waals surface area (Å²) in [5.74, 6) is 1.23. The number of carbonyl (C=O) groups excluding carboxylic acids is 1. The molecular weight excluding hydrogens is 444 g/mol. The van der Waals surface area contributed by atoms with Crippen LogP contribution >= 0.6 is 0 Å². The van der Waals surface area contributed by atoms with Gasteiger partial charge in [-0.05, 0) is 69.7 Å². The van der Waals surface area contributed by atoms with Crippen molar-refractivity contribution in [1.29, 1.82) is 0 Å². The number of amides is 1. The minimum absolute atomic E-state index is 0.123. The Morgan fingerprint density at radius 3 is 2.23 bits per heavy atom. The van der Waals surface area contributed by atoms with Crippen LogP contribution in [-0.4, -0.2) is 55.1 Å². The predicted octanol–water partition coefficient (Wildman–Crippen LogP) is 4.87. The van der Waals surface area contributed by atoms with Gasteiger partial charge in [0.2, 0.25) is 5.76 Å². The van der Waals surface area contributed by atoms with Crippen LogP contribution in [0.4, 0.5) is 0 Å². The minimum atomic E-state index is -0.503. The molecule has 2 heterocycles. The summed E-state index contributed by atoms with van der Waals surface area (Å²) in [4.78, 5) is 31.4. The molecule has 0 aliphatic carbocycles. The van der Waals surface area contributed by atoms with Crippen LogP contribution in [0.1, 0.15) is 61.8 Å². The Labute approximate surface area is 206 Å². The average molecular weight is 479 g/mol. The number of benzene rings is 2. The molecule has 3 aromatic rings. The molecule has 1 aromatic heterocycles. The van der Waals surface area contributed by atoms with Crippen molar-refractivity contribution in [2.75, 3.05) is 39.4 Å². The number of nitrogens with zero attached hydrogens (tertiary/aromatic N) is 2. The number of rotatable bonds is 11. The lowest BCUT2D eigenvalue weighted by molar-refractivity contribution is 0.0720. The molecule has 2 aromatic carbocycles. The van der Waals surface area contributed by atoms with Crippen molar-refractivity contribution in [2.45, 2.75) is 40.2 Å². The number of hydrogen-bond acceptors (Lipinski definition) is 6. The van der Waals surface area contributed by atoms with Gasteiger partial charge in [0.15, 0.2) is 5.43 Å². The van der Waals surface area contributed by atoms with Crippen LogP contribution < -0.4 is 14.9 Å². The SMILES string of the molecule is CCOc1ccc(C2c3c(oc4cc(OCC)ccc4c3=O)C(=O)N2CCCN(CC)CC)cc1. The van der Waals surface area contributed by atoms with E-state index in [1.807, 2.05) is 38.1 Å². The normalized spacial score (nSPS) is 15.2. The van der Waals surface area contributed by atoms with E-state index in [2.05, 4.69) is 18.7 Å². The van der Waals surface area contributed by atoms with Crippen molar-refractivity contribution in [3.63, 3.8) is 0 Å². The first-order valence-electron chi connectivity index (χ1n) is 12.5. The molecule has 1 aliphatic heterocycles. The summed E-state index contributed by atoms with van der Waals surface area (Å²) in [5.41, 5.74) is 1.45. The monoisotopic (exact) mass is 478 g/mol. The highest BCUT2D eigenvalue weighted by molar-refractivity contribution is 5.99. The van der Waals surface area contributed by atoms with Crippen molar-refractivity contribution >= 4 is 16.9 Å².